The molecule has 0 aliphatic heterocycles. The van der Waals surface area contributed by atoms with Crippen molar-refractivity contribution in [2.75, 3.05) is 11.5 Å². The fourth-order valence-electron chi connectivity index (χ4n) is 3.09. The maximum absolute atomic E-state index is 13.6. The topological polar surface area (TPSA) is 106 Å². The summed E-state index contributed by atoms with van der Waals surface area (Å²) in [6.45, 7) is 9.81. The van der Waals surface area contributed by atoms with E-state index in [-0.39, 0.29) is 18.6 Å². The Morgan fingerprint density at radius 3 is 1.94 bits per heavy atom. The van der Waals surface area contributed by atoms with Crippen LogP contribution in [-0.2, 0) is 30.4 Å². The van der Waals surface area contributed by atoms with E-state index in [4.69, 9.17) is 14.3 Å². The van der Waals surface area contributed by atoms with Gasteiger partial charge in [-0.15, -0.1) is 0 Å². The normalized spacial score (nSPS) is 16.0. The first-order valence-corrected chi connectivity index (χ1v) is 13.2. The molecule has 0 fully saturated rings. The number of rotatable bonds is 10. The van der Waals surface area contributed by atoms with E-state index in [0.29, 0.717) is 5.56 Å². The first-order valence-electron chi connectivity index (χ1n) is 11.3. The minimum atomic E-state index is -4.51. The van der Waals surface area contributed by atoms with Crippen LogP contribution < -0.4 is 5.32 Å². The number of esters is 1. The van der Waals surface area contributed by atoms with Gasteiger partial charge < -0.3 is 14.8 Å². The van der Waals surface area contributed by atoms with E-state index in [9.17, 15) is 27.0 Å². The lowest BCUT2D eigenvalue weighted by Crippen LogP contribution is -2.46. The highest BCUT2D eigenvalue weighted by molar-refractivity contribution is 7.92. The van der Waals surface area contributed by atoms with Gasteiger partial charge in [-0.25, -0.2) is 13.8 Å². The number of ether oxygens (including phenoxy) is 2. The van der Waals surface area contributed by atoms with Crippen molar-refractivity contribution in [3.8, 4) is 0 Å². The first-order chi connectivity index (χ1) is 15.8. The van der Waals surface area contributed by atoms with Crippen molar-refractivity contribution in [1.82, 2.24) is 5.32 Å². The molecule has 7 nitrogen and oxygen atoms in total. The summed E-state index contributed by atoms with van der Waals surface area (Å²) < 4.78 is 72.0. The average molecular weight is 523 g/mol. The molecule has 0 spiro atoms. The highest BCUT2D eigenvalue weighted by Crippen LogP contribution is 2.32. The molecule has 2 N–H and O–H groups in total. The van der Waals surface area contributed by atoms with Crippen LogP contribution in [-0.4, -0.2) is 51.2 Å². The Kier molecular flexibility index (Phi) is 10.6. The monoisotopic (exact) mass is 522 g/mol. The molecular formula is C24H37F3N2O5S. The molecule has 0 radical (unpaired) electrons. The molecule has 35 heavy (non-hydrogen) atoms. The van der Waals surface area contributed by atoms with Crippen molar-refractivity contribution < 1.29 is 36.4 Å². The molecule has 1 aromatic rings. The standard InChI is InChI=1S/C24H37F3N2O5S/c1-22(2,3)33-20(30)19(29-21(31)34-23(4,5)6)13-15-35(28,32)14-12-18(24(25,26)27)16-17-10-8-7-9-11-17/h7-11,18-19,28H,12-16H2,1-6H3,(H,29,31)/t18?,19-,35?/m0/s1. The van der Waals surface area contributed by atoms with Gasteiger partial charge in [0.05, 0.1) is 5.92 Å². The average Bonchev–Trinajstić information content (AvgIpc) is 2.65. The van der Waals surface area contributed by atoms with Crippen LogP contribution in [0.1, 0.15) is 59.9 Å². The van der Waals surface area contributed by atoms with Crippen molar-refractivity contribution in [2.45, 2.75) is 84.2 Å². The Hall–Kier alpha value is -2.30. The fourth-order valence-corrected chi connectivity index (χ4v) is 4.58. The molecule has 0 aliphatic carbocycles. The molecule has 1 rings (SSSR count). The Bertz CT molecular complexity index is 937. The summed E-state index contributed by atoms with van der Waals surface area (Å²) in [7, 11) is -3.47. The molecule has 1 aromatic carbocycles. The Labute approximate surface area is 206 Å². The lowest BCUT2D eigenvalue weighted by Gasteiger charge is -2.26. The van der Waals surface area contributed by atoms with Crippen molar-refractivity contribution in [1.29, 1.82) is 4.78 Å². The number of carbonyl (C=O) groups is 2. The number of alkyl halides is 3. The second kappa shape index (κ2) is 12.1. The number of carbonyl (C=O) groups excluding carboxylic acids is 2. The number of hydrogen-bond donors (Lipinski definition) is 2. The van der Waals surface area contributed by atoms with Gasteiger partial charge >= 0.3 is 18.2 Å². The van der Waals surface area contributed by atoms with E-state index < -0.39 is 63.3 Å². The number of amides is 1. The number of benzene rings is 1. The largest absolute Gasteiger partial charge is 0.458 e. The van der Waals surface area contributed by atoms with Crippen LogP contribution in [0.25, 0.3) is 0 Å². The second-order valence-electron chi connectivity index (χ2n) is 10.5. The van der Waals surface area contributed by atoms with Gasteiger partial charge in [0.25, 0.3) is 0 Å². The molecule has 200 valence electrons. The summed E-state index contributed by atoms with van der Waals surface area (Å²) in [6.07, 6.45) is -6.42. The van der Waals surface area contributed by atoms with Gasteiger partial charge in [-0.2, -0.15) is 13.2 Å². The molecule has 1 amide bonds. The van der Waals surface area contributed by atoms with E-state index in [0.717, 1.165) is 0 Å². The highest BCUT2D eigenvalue weighted by atomic mass is 32.2. The molecule has 3 atom stereocenters. The molecule has 11 heteroatoms. The minimum Gasteiger partial charge on any atom is -0.458 e. The third-order valence-electron chi connectivity index (χ3n) is 4.70. The van der Waals surface area contributed by atoms with Gasteiger partial charge in [-0.1, -0.05) is 30.3 Å². The predicted molar refractivity (Wildman–Crippen MR) is 129 cm³/mol. The maximum atomic E-state index is 13.6. The van der Waals surface area contributed by atoms with Gasteiger partial charge in [0, 0.05) is 21.2 Å². The van der Waals surface area contributed by atoms with Crippen LogP contribution in [0, 0.1) is 10.7 Å². The lowest BCUT2D eigenvalue weighted by molar-refractivity contribution is -0.174. The quantitative estimate of drug-likeness (QED) is 0.397. The van der Waals surface area contributed by atoms with Crippen LogP contribution in [0.2, 0.25) is 0 Å². The summed E-state index contributed by atoms with van der Waals surface area (Å²) in [5.41, 5.74) is -1.21. The number of alkyl carbamates (subject to hydrolysis) is 1. The zero-order chi connectivity index (χ0) is 27.1. The Morgan fingerprint density at radius 2 is 1.46 bits per heavy atom. The van der Waals surface area contributed by atoms with Gasteiger partial charge in [0.1, 0.15) is 17.2 Å². The minimum absolute atomic E-state index is 0.244. The predicted octanol–water partition coefficient (Wildman–Crippen LogP) is 5.47. The van der Waals surface area contributed by atoms with E-state index in [1.54, 1.807) is 71.9 Å². The van der Waals surface area contributed by atoms with Gasteiger partial charge in [-0.3, -0.25) is 4.78 Å². The van der Waals surface area contributed by atoms with Crippen LogP contribution in [0.3, 0.4) is 0 Å². The lowest BCUT2D eigenvalue weighted by atomic mass is 9.96. The summed E-state index contributed by atoms with van der Waals surface area (Å²) in [6, 6.07) is 6.90. The Balaban J connectivity index is 2.87. The smallest absolute Gasteiger partial charge is 0.408 e. The van der Waals surface area contributed by atoms with Gasteiger partial charge in [0.15, 0.2) is 0 Å². The molecule has 0 saturated heterocycles. The summed E-state index contributed by atoms with van der Waals surface area (Å²) >= 11 is 0. The van der Waals surface area contributed by atoms with E-state index in [1.165, 1.54) is 0 Å². The Morgan fingerprint density at radius 1 is 0.943 bits per heavy atom. The van der Waals surface area contributed by atoms with Crippen molar-refractivity contribution in [2.24, 2.45) is 5.92 Å². The van der Waals surface area contributed by atoms with Crippen LogP contribution in [0.15, 0.2) is 30.3 Å². The summed E-state index contributed by atoms with van der Waals surface area (Å²) in [4.78, 5) is 24.8. The van der Waals surface area contributed by atoms with Crippen molar-refractivity contribution in [3.05, 3.63) is 35.9 Å². The van der Waals surface area contributed by atoms with E-state index >= 15 is 0 Å². The molecule has 2 unspecified atom stereocenters. The van der Waals surface area contributed by atoms with Crippen molar-refractivity contribution in [3.63, 3.8) is 0 Å². The number of hydrogen-bond acceptors (Lipinski definition) is 6. The van der Waals surface area contributed by atoms with E-state index in [2.05, 4.69) is 5.32 Å². The number of halogens is 3. The molecule has 0 aromatic heterocycles. The van der Waals surface area contributed by atoms with Crippen LogP contribution >= 0.6 is 0 Å². The molecular weight excluding hydrogens is 485 g/mol. The molecule has 0 heterocycles. The number of nitrogens with one attached hydrogen (secondary N) is 2. The van der Waals surface area contributed by atoms with Gasteiger partial charge in [0.2, 0.25) is 0 Å². The third-order valence-corrected chi connectivity index (χ3v) is 6.49. The SMILES string of the molecule is CC(C)(C)OC(=O)N[C@@H](CCS(=N)(=O)CCC(Cc1ccccc1)C(F)(F)F)C(=O)OC(C)(C)C. The molecule has 0 saturated carbocycles. The third kappa shape index (κ3) is 13.4. The fraction of sp³-hybridized carbons (Fsp3) is 0.667. The molecule has 0 bridgehead atoms. The van der Waals surface area contributed by atoms with Crippen LogP contribution in [0.5, 0.6) is 0 Å². The second-order valence-corrected chi connectivity index (χ2v) is 12.9. The maximum Gasteiger partial charge on any atom is 0.408 e. The first kappa shape index (κ1) is 30.7. The summed E-state index contributed by atoms with van der Waals surface area (Å²) in [5, 5.41) is 2.37. The molecule has 0 aliphatic rings. The highest BCUT2D eigenvalue weighted by Gasteiger charge is 2.39. The summed E-state index contributed by atoms with van der Waals surface area (Å²) in [5.74, 6) is -3.44. The zero-order valence-corrected chi connectivity index (χ0v) is 22.0. The van der Waals surface area contributed by atoms with E-state index in [1.807, 2.05) is 0 Å². The van der Waals surface area contributed by atoms with Crippen molar-refractivity contribution >= 4 is 21.8 Å². The van der Waals surface area contributed by atoms with Crippen LogP contribution in [0.4, 0.5) is 18.0 Å². The zero-order valence-electron chi connectivity index (χ0n) is 21.2. The van der Waals surface area contributed by atoms with Gasteiger partial charge in [-0.05, 0) is 66.4 Å².